The first-order valence-corrected chi connectivity index (χ1v) is 16.9. The van der Waals surface area contributed by atoms with Gasteiger partial charge in [-0.15, -0.1) is 0 Å². The summed E-state index contributed by atoms with van der Waals surface area (Å²) < 4.78 is 5.06. The number of hydrogen-bond donors (Lipinski definition) is 0. The van der Waals surface area contributed by atoms with E-state index < -0.39 is 4.67 Å². The van der Waals surface area contributed by atoms with Crippen molar-refractivity contribution in [3.8, 4) is 0 Å². The summed E-state index contributed by atoms with van der Waals surface area (Å²) >= 11 is 10.0. The minimum absolute atomic E-state index is 0.256. The third-order valence-corrected chi connectivity index (χ3v) is 16.0. The van der Waals surface area contributed by atoms with E-state index in [9.17, 15) is 0 Å². The average Bonchev–Trinajstić information content (AvgIpc) is 2.89. The van der Waals surface area contributed by atoms with Crippen LogP contribution in [-0.2, 0) is 16.3 Å². The van der Waals surface area contributed by atoms with Crippen LogP contribution in [0.1, 0.15) is 104 Å². The lowest BCUT2D eigenvalue weighted by Gasteiger charge is -2.37. The van der Waals surface area contributed by atoms with E-state index in [4.69, 9.17) is 16.3 Å². The molecular weight excluding hydrogens is 407 g/mol. The molecule has 1 nitrogen and oxygen atoms in total. The van der Waals surface area contributed by atoms with E-state index in [1.165, 1.54) is 88.4 Å². The first kappa shape index (κ1) is 24.3. The molecule has 0 bridgehead atoms. The number of hydrogen-bond acceptors (Lipinski definition) is 4. The van der Waals surface area contributed by atoms with Crippen LogP contribution in [-0.4, -0.2) is 16.6 Å². The number of allylic oxidation sites excluding steroid dienone is 1. The average molecular weight is 449 g/mol. The Morgan fingerprint density at radius 1 is 1.15 bits per heavy atom. The maximum atomic E-state index is 6.54. The molecule has 0 amide bonds. The summed E-state index contributed by atoms with van der Waals surface area (Å²) in [6.45, 7) is 11.0. The number of unbranched alkanes of at least 4 members (excludes halogenated alkanes) is 9. The molecule has 1 aliphatic carbocycles. The Bertz CT molecular complexity index is 510. The second kappa shape index (κ2) is 12.0. The zero-order chi connectivity index (χ0) is 19.8. The first-order valence-electron chi connectivity index (χ1n) is 11.2. The standard InChI is InChI=1S/C22H41OPS3/c1-5-6-7-8-9-10-11-12-13-14-17-26-24(25)23-21-18-20(19(2)3)15-16-22(21,4)27-24/h20-21H,2,5-18H2,1,3-4H3/t20-,21+,22+,24?/m0/s1. The van der Waals surface area contributed by atoms with Crippen LogP contribution in [0.15, 0.2) is 12.2 Å². The quantitative estimate of drug-likeness (QED) is 0.158. The lowest BCUT2D eigenvalue weighted by atomic mass is 9.77. The molecular formula is C22H41OPS3. The molecule has 2 aliphatic rings. The van der Waals surface area contributed by atoms with Crippen molar-refractivity contribution >= 4 is 39.2 Å². The summed E-state index contributed by atoms with van der Waals surface area (Å²) in [6.07, 6.45) is 18.0. The van der Waals surface area contributed by atoms with Gasteiger partial charge in [-0.25, -0.2) is 0 Å². The molecule has 0 N–H and O–H groups in total. The molecule has 1 unspecified atom stereocenters. The fourth-order valence-corrected chi connectivity index (χ4v) is 16.1. The summed E-state index contributed by atoms with van der Waals surface area (Å²) in [6, 6.07) is 0. The summed E-state index contributed by atoms with van der Waals surface area (Å²) in [4.78, 5) is 0. The SMILES string of the molecule is C=C(C)[C@H]1CC[C@@]2(C)SP(=S)(SCCCCCCCCCCCC)O[C@@H]2C1. The molecule has 4 atom stereocenters. The summed E-state index contributed by atoms with van der Waals surface area (Å²) in [5.74, 6) is 1.82. The zero-order valence-electron chi connectivity index (χ0n) is 17.8. The van der Waals surface area contributed by atoms with Gasteiger partial charge in [0.1, 0.15) is 0 Å². The third-order valence-electron chi connectivity index (χ3n) is 6.19. The molecule has 2 rings (SSSR count). The molecule has 158 valence electrons. The van der Waals surface area contributed by atoms with Crippen LogP contribution in [0, 0.1) is 5.92 Å². The number of rotatable bonds is 13. The van der Waals surface area contributed by atoms with Crippen LogP contribution in [0.3, 0.4) is 0 Å². The Hall–Kier alpha value is 1.05. The van der Waals surface area contributed by atoms with Crippen molar-refractivity contribution in [2.24, 2.45) is 5.92 Å². The molecule has 27 heavy (non-hydrogen) atoms. The molecule has 0 aromatic rings. The van der Waals surface area contributed by atoms with E-state index in [2.05, 4.69) is 27.4 Å². The van der Waals surface area contributed by atoms with Gasteiger partial charge in [0.2, 0.25) is 0 Å². The van der Waals surface area contributed by atoms with Crippen LogP contribution >= 0.6 is 27.4 Å². The third kappa shape index (κ3) is 8.00. The molecule has 0 aromatic carbocycles. The predicted octanol–water partition coefficient (Wildman–Crippen LogP) is 9.13. The highest BCUT2D eigenvalue weighted by Crippen LogP contribution is 2.81. The second-order valence-corrected chi connectivity index (χ2v) is 19.7. The van der Waals surface area contributed by atoms with E-state index in [1.54, 1.807) is 0 Å². The van der Waals surface area contributed by atoms with Crippen LogP contribution in [0.4, 0.5) is 0 Å². The van der Waals surface area contributed by atoms with E-state index >= 15 is 0 Å². The van der Waals surface area contributed by atoms with E-state index in [0.29, 0.717) is 12.0 Å². The van der Waals surface area contributed by atoms with Gasteiger partial charge in [0.25, 0.3) is 0 Å². The molecule has 1 saturated carbocycles. The summed E-state index contributed by atoms with van der Waals surface area (Å²) in [5.41, 5.74) is 1.32. The van der Waals surface area contributed by atoms with Crippen LogP contribution < -0.4 is 0 Å². The van der Waals surface area contributed by atoms with E-state index in [-0.39, 0.29) is 4.75 Å². The molecule has 2 fully saturated rings. The molecule has 1 saturated heterocycles. The molecule has 1 heterocycles. The van der Waals surface area contributed by atoms with Gasteiger partial charge in [-0.2, -0.15) is 0 Å². The predicted molar refractivity (Wildman–Crippen MR) is 132 cm³/mol. The van der Waals surface area contributed by atoms with Crippen LogP contribution in [0.2, 0.25) is 0 Å². The lowest BCUT2D eigenvalue weighted by molar-refractivity contribution is 0.129. The van der Waals surface area contributed by atoms with Crippen LogP contribution in [0.25, 0.3) is 0 Å². The Morgan fingerprint density at radius 3 is 2.33 bits per heavy atom. The molecule has 5 heteroatoms. The normalized spacial score (nSPS) is 33.1. The molecule has 0 radical (unpaired) electrons. The van der Waals surface area contributed by atoms with Gasteiger partial charge in [0.15, 0.2) is 4.67 Å². The fraction of sp³-hybridized carbons (Fsp3) is 0.909. The van der Waals surface area contributed by atoms with Gasteiger partial charge in [-0.05, 0) is 57.3 Å². The van der Waals surface area contributed by atoms with Gasteiger partial charge in [0.05, 0.1) is 6.10 Å². The van der Waals surface area contributed by atoms with Gasteiger partial charge in [-0.1, -0.05) is 99.6 Å². The maximum Gasteiger partial charge on any atom is 0.175 e. The van der Waals surface area contributed by atoms with Gasteiger partial charge in [0, 0.05) is 10.5 Å². The van der Waals surface area contributed by atoms with E-state index in [0.717, 1.165) is 6.42 Å². The lowest BCUT2D eigenvalue weighted by Crippen LogP contribution is -2.39. The van der Waals surface area contributed by atoms with Crippen molar-refractivity contribution < 1.29 is 4.52 Å². The Morgan fingerprint density at radius 2 is 1.74 bits per heavy atom. The second-order valence-electron chi connectivity index (χ2n) is 8.78. The van der Waals surface area contributed by atoms with Gasteiger partial charge < -0.3 is 4.52 Å². The number of fused-ring (bicyclic) bond motifs is 1. The maximum absolute atomic E-state index is 6.54. The van der Waals surface area contributed by atoms with Crippen molar-refractivity contribution in [3.05, 3.63) is 12.2 Å². The molecule has 0 aromatic heterocycles. The Balaban J connectivity index is 1.57. The van der Waals surface area contributed by atoms with Gasteiger partial charge in [-0.3, -0.25) is 0 Å². The Labute approximate surface area is 182 Å². The van der Waals surface area contributed by atoms with Crippen molar-refractivity contribution in [1.29, 1.82) is 0 Å². The highest BCUT2D eigenvalue weighted by Gasteiger charge is 2.52. The summed E-state index contributed by atoms with van der Waals surface area (Å²) in [5, 5.41) is 0. The van der Waals surface area contributed by atoms with Crippen LogP contribution in [0.5, 0.6) is 0 Å². The monoisotopic (exact) mass is 448 g/mol. The topological polar surface area (TPSA) is 9.23 Å². The summed E-state index contributed by atoms with van der Waals surface area (Å²) in [7, 11) is 0. The van der Waals surface area contributed by atoms with Gasteiger partial charge >= 0.3 is 0 Å². The largest absolute Gasteiger partial charge is 0.329 e. The van der Waals surface area contributed by atoms with Crippen molar-refractivity contribution in [2.75, 3.05) is 5.75 Å². The van der Waals surface area contributed by atoms with Crippen molar-refractivity contribution in [3.63, 3.8) is 0 Å². The van der Waals surface area contributed by atoms with E-state index in [1.807, 2.05) is 22.8 Å². The minimum Gasteiger partial charge on any atom is -0.329 e. The molecule has 0 spiro atoms. The molecule has 1 aliphatic heterocycles. The van der Waals surface area contributed by atoms with Crippen molar-refractivity contribution in [2.45, 2.75) is 115 Å². The minimum atomic E-state index is -1.74. The van der Waals surface area contributed by atoms with Crippen molar-refractivity contribution in [1.82, 2.24) is 0 Å². The Kier molecular flexibility index (Phi) is 10.8. The highest BCUT2D eigenvalue weighted by atomic mass is 33.2. The zero-order valence-corrected chi connectivity index (χ0v) is 21.2. The highest BCUT2D eigenvalue weighted by molar-refractivity contribution is 8.99. The first-order chi connectivity index (χ1) is 12.9. The smallest absolute Gasteiger partial charge is 0.175 e. The fourth-order valence-electron chi connectivity index (χ4n) is 4.21.